The minimum Gasteiger partial charge on any atom is -0.397 e. The molecule has 0 atom stereocenters. The number of nitrogens with two attached hydrogens (primary N) is 1. The molecule has 0 spiro atoms. The van der Waals surface area contributed by atoms with Crippen molar-refractivity contribution in [1.82, 2.24) is 15.6 Å². The molecule has 0 bridgehead atoms. The zero-order valence-electron chi connectivity index (χ0n) is 16.7. The summed E-state index contributed by atoms with van der Waals surface area (Å²) >= 11 is 0. The number of fused-ring (bicyclic) bond motifs is 1. The molecule has 0 fully saturated rings. The summed E-state index contributed by atoms with van der Waals surface area (Å²) < 4.78 is 0. The number of nitrogen functional groups attached to an aromatic ring is 1. The van der Waals surface area contributed by atoms with Crippen molar-refractivity contribution in [2.75, 3.05) is 17.7 Å². The lowest BCUT2D eigenvalue weighted by Gasteiger charge is -2.22. The minimum atomic E-state index is -0.380. The summed E-state index contributed by atoms with van der Waals surface area (Å²) in [5.74, 6) is -0.562. The summed E-state index contributed by atoms with van der Waals surface area (Å²) in [6.07, 6.45) is 1.67. The number of carbonyl (C=O) groups excluding carboxylic acids is 2. The van der Waals surface area contributed by atoms with Crippen LogP contribution in [0.25, 0.3) is 10.8 Å². The van der Waals surface area contributed by atoms with Gasteiger partial charge in [-0.05, 0) is 44.4 Å². The number of aromatic nitrogens is 1. The van der Waals surface area contributed by atoms with E-state index in [1.54, 1.807) is 30.5 Å². The molecule has 3 aromatic rings. The molecule has 29 heavy (non-hydrogen) atoms. The van der Waals surface area contributed by atoms with E-state index < -0.39 is 0 Å². The van der Waals surface area contributed by atoms with E-state index in [1.165, 1.54) is 0 Å². The second kappa shape index (κ2) is 8.18. The topological polar surface area (TPSA) is 109 Å². The minimum absolute atomic E-state index is 0.0946. The Morgan fingerprint density at radius 2 is 1.72 bits per heavy atom. The zero-order chi connectivity index (χ0) is 21.0. The first-order valence-corrected chi connectivity index (χ1v) is 9.32. The molecule has 0 unspecified atom stereocenters. The number of para-hydroxylation sites is 1. The maximum Gasteiger partial charge on any atom is 0.271 e. The van der Waals surface area contributed by atoms with Crippen LogP contribution in [-0.2, 0) is 0 Å². The summed E-state index contributed by atoms with van der Waals surface area (Å²) in [6, 6.07) is 14.5. The molecule has 7 nitrogen and oxygen atoms in total. The average Bonchev–Trinajstić information content (AvgIpc) is 2.67. The van der Waals surface area contributed by atoms with Crippen molar-refractivity contribution < 1.29 is 9.59 Å². The maximum absolute atomic E-state index is 12.6. The van der Waals surface area contributed by atoms with Gasteiger partial charge in [-0.1, -0.05) is 30.3 Å². The Bertz CT molecular complexity index is 1060. The maximum atomic E-state index is 12.6. The van der Waals surface area contributed by atoms with Gasteiger partial charge in [-0.2, -0.15) is 0 Å². The number of amides is 2. The highest BCUT2D eigenvalue weighted by molar-refractivity contribution is 6.02. The number of nitrogens with zero attached hydrogens (tertiary/aromatic N) is 1. The molecule has 0 radical (unpaired) electrons. The van der Waals surface area contributed by atoms with Crippen molar-refractivity contribution in [3.63, 3.8) is 0 Å². The van der Waals surface area contributed by atoms with E-state index >= 15 is 0 Å². The van der Waals surface area contributed by atoms with Gasteiger partial charge in [0.1, 0.15) is 5.69 Å². The molecule has 2 aromatic carbocycles. The summed E-state index contributed by atoms with van der Waals surface area (Å²) in [4.78, 5) is 29.2. The van der Waals surface area contributed by atoms with Crippen molar-refractivity contribution in [1.29, 1.82) is 0 Å². The van der Waals surface area contributed by atoms with Crippen LogP contribution in [0.2, 0.25) is 0 Å². The Morgan fingerprint density at radius 3 is 2.45 bits per heavy atom. The van der Waals surface area contributed by atoms with Crippen LogP contribution in [0, 0.1) is 0 Å². The van der Waals surface area contributed by atoms with Gasteiger partial charge >= 0.3 is 0 Å². The molecular formula is C22H25N5O2. The van der Waals surface area contributed by atoms with Crippen LogP contribution in [0.1, 0.15) is 41.6 Å². The molecule has 3 rings (SSSR count). The van der Waals surface area contributed by atoms with Crippen molar-refractivity contribution in [2.45, 2.75) is 26.3 Å². The second-order valence-corrected chi connectivity index (χ2v) is 7.75. The highest BCUT2D eigenvalue weighted by Crippen LogP contribution is 2.23. The predicted molar refractivity (Wildman–Crippen MR) is 116 cm³/mol. The van der Waals surface area contributed by atoms with Gasteiger partial charge in [0.25, 0.3) is 11.8 Å². The largest absolute Gasteiger partial charge is 0.397 e. The van der Waals surface area contributed by atoms with Crippen molar-refractivity contribution >= 4 is 34.0 Å². The molecule has 0 aliphatic heterocycles. The van der Waals surface area contributed by atoms with Gasteiger partial charge in [0.15, 0.2) is 0 Å². The summed E-state index contributed by atoms with van der Waals surface area (Å²) in [5, 5.41) is 10.6. The van der Waals surface area contributed by atoms with Crippen molar-refractivity contribution in [3.8, 4) is 0 Å². The molecule has 0 saturated carbocycles. The number of hydrogen-bond donors (Lipinski definition) is 4. The quantitative estimate of drug-likeness (QED) is 0.395. The van der Waals surface area contributed by atoms with E-state index in [-0.39, 0.29) is 24.0 Å². The number of benzene rings is 2. The van der Waals surface area contributed by atoms with Gasteiger partial charge in [0, 0.05) is 17.1 Å². The number of pyridine rings is 1. The fourth-order valence-electron chi connectivity index (χ4n) is 2.88. The highest BCUT2D eigenvalue weighted by Gasteiger charge is 2.19. The van der Waals surface area contributed by atoms with E-state index in [9.17, 15) is 9.59 Å². The smallest absolute Gasteiger partial charge is 0.271 e. The molecule has 1 aromatic heterocycles. The molecule has 0 aliphatic carbocycles. The number of nitrogens with one attached hydrogen (secondary N) is 3. The van der Waals surface area contributed by atoms with Gasteiger partial charge in [0.2, 0.25) is 0 Å². The van der Waals surface area contributed by atoms with Gasteiger partial charge in [-0.15, -0.1) is 0 Å². The summed E-state index contributed by atoms with van der Waals surface area (Å²) in [6.45, 7) is 5.81. The molecule has 150 valence electrons. The Labute approximate surface area is 169 Å². The molecule has 0 saturated heterocycles. The lowest BCUT2D eigenvalue weighted by atomic mass is 10.1. The Hall–Kier alpha value is -3.61. The van der Waals surface area contributed by atoms with E-state index in [1.807, 2.05) is 45.0 Å². The summed E-state index contributed by atoms with van der Waals surface area (Å²) in [5.41, 5.74) is 7.29. The lowest BCUT2D eigenvalue weighted by Crippen LogP contribution is -2.41. The Morgan fingerprint density at radius 1 is 1.00 bits per heavy atom. The first kappa shape index (κ1) is 20.1. The van der Waals surface area contributed by atoms with Crippen LogP contribution < -0.4 is 21.7 Å². The number of rotatable bonds is 5. The van der Waals surface area contributed by atoms with E-state index in [0.29, 0.717) is 22.6 Å². The SMILES string of the molecule is CC(C)(C)NC(=O)c1cccc(N)c1NCNC(=O)c1cc2ccccc2cn1. The molecule has 7 heteroatoms. The fourth-order valence-corrected chi connectivity index (χ4v) is 2.88. The normalized spacial score (nSPS) is 11.1. The number of hydrogen-bond acceptors (Lipinski definition) is 5. The summed E-state index contributed by atoms with van der Waals surface area (Å²) in [7, 11) is 0. The molecule has 0 aliphatic rings. The standard InChI is InChI=1S/C22H25N5O2/c1-22(2,3)27-20(28)16-9-6-10-17(23)19(16)25-13-26-21(29)18-11-14-7-4-5-8-15(14)12-24-18/h4-12,25H,13,23H2,1-3H3,(H,26,29)(H,27,28). The van der Waals surface area contributed by atoms with Gasteiger partial charge in [-0.3, -0.25) is 14.6 Å². The Balaban J connectivity index is 1.69. The van der Waals surface area contributed by atoms with Crippen LogP contribution in [0.15, 0.2) is 54.7 Å². The number of anilines is 2. The van der Waals surface area contributed by atoms with E-state index in [4.69, 9.17) is 5.73 Å². The molecule has 1 heterocycles. The van der Waals surface area contributed by atoms with Gasteiger partial charge in [-0.25, -0.2) is 0 Å². The first-order chi connectivity index (χ1) is 13.7. The van der Waals surface area contributed by atoms with Crippen molar-refractivity contribution in [2.24, 2.45) is 0 Å². The monoisotopic (exact) mass is 391 g/mol. The lowest BCUT2D eigenvalue weighted by molar-refractivity contribution is 0.0919. The van der Waals surface area contributed by atoms with Gasteiger partial charge in [0.05, 0.1) is 23.6 Å². The van der Waals surface area contributed by atoms with E-state index in [0.717, 1.165) is 10.8 Å². The van der Waals surface area contributed by atoms with Crippen LogP contribution in [-0.4, -0.2) is 29.0 Å². The Kier molecular flexibility index (Phi) is 5.68. The number of carbonyl (C=O) groups is 2. The third kappa shape index (κ3) is 5.01. The highest BCUT2D eigenvalue weighted by atomic mass is 16.2. The molecule has 5 N–H and O–H groups in total. The third-order valence-corrected chi connectivity index (χ3v) is 4.21. The van der Waals surface area contributed by atoms with E-state index in [2.05, 4.69) is 20.9 Å². The van der Waals surface area contributed by atoms with Crippen molar-refractivity contribution in [3.05, 3.63) is 66.0 Å². The molecule has 2 amide bonds. The van der Waals surface area contributed by atoms with Crippen LogP contribution in [0.3, 0.4) is 0 Å². The average molecular weight is 391 g/mol. The van der Waals surface area contributed by atoms with Crippen LogP contribution in [0.5, 0.6) is 0 Å². The fraction of sp³-hybridized carbons (Fsp3) is 0.227. The second-order valence-electron chi connectivity index (χ2n) is 7.75. The van der Waals surface area contributed by atoms with Gasteiger partial charge < -0.3 is 21.7 Å². The third-order valence-electron chi connectivity index (χ3n) is 4.21. The molecular weight excluding hydrogens is 366 g/mol. The van der Waals surface area contributed by atoms with Crippen LogP contribution >= 0.6 is 0 Å². The zero-order valence-corrected chi connectivity index (χ0v) is 16.7. The van der Waals surface area contributed by atoms with Crippen LogP contribution in [0.4, 0.5) is 11.4 Å². The first-order valence-electron chi connectivity index (χ1n) is 9.32. The predicted octanol–water partition coefficient (Wildman–Crippen LogP) is 3.14.